The van der Waals surface area contributed by atoms with Crippen LogP contribution < -0.4 is 4.74 Å². The lowest BCUT2D eigenvalue weighted by Gasteiger charge is -2.03. The number of pyridine rings is 1. The smallest absolute Gasteiger partial charge is 0.337 e. The number of hydrogen-bond donors (Lipinski definition) is 3. The summed E-state index contributed by atoms with van der Waals surface area (Å²) >= 11 is 0. The molecule has 0 aliphatic heterocycles. The number of phenolic OH excluding ortho intramolecular Hbond substituents is 1. The number of methoxy groups -OCH3 is 1. The molecule has 120 valence electrons. The highest BCUT2D eigenvalue weighted by atomic mass is 16.5. The van der Waals surface area contributed by atoms with E-state index in [1.54, 1.807) is 18.2 Å². The van der Waals surface area contributed by atoms with Crippen molar-refractivity contribution >= 4 is 18.0 Å². The van der Waals surface area contributed by atoms with E-state index in [9.17, 15) is 14.7 Å². The molecular weight excluding hydrogens is 302 g/mol. The van der Waals surface area contributed by atoms with Crippen molar-refractivity contribution in [3.05, 3.63) is 59.9 Å². The van der Waals surface area contributed by atoms with Crippen LogP contribution in [0.4, 0.5) is 0 Å². The zero-order valence-electron chi connectivity index (χ0n) is 12.2. The molecule has 0 saturated carbocycles. The Morgan fingerprint density at radius 3 is 2.43 bits per heavy atom. The van der Waals surface area contributed by atoms with Gasteiger partial charge in [0, 0.05) is 18.5 Å². The second kappa shape index (κ2) is 8.83. The zero-order chi connectivity index (χ0) is 17.2. The molecule has 0 amide bonds. The van der Waals surface area contributed by atoms with Gasteiger partial charge in [-0.15, -0.1) is 0 Å². The molecule has 0 aliphatic rings. The molecule has 2 rings (SSSR count). The van der Waals surface area contributed by atoms with Crippen molar-refractivity contribution in [2.45, 2.75) is 0 Å². The predicted octanol–water partition coefficient (Wildman–Crippen LogP) is 2.28. The molecule has 0 fully saturated rings. The van der Waals surface area contributed by atoms with Crippen LogP contribution in [0.25, 0.3) is 6.08 Å². The maximum absolute atomic E-state index is 10.2. The Bertz CT molecular complexity index is 697. The lowest BCUT2D eigenvalue weighted by molar-refractivity contribution is -0.131. The number of aromatic hydroxyl groups is 1. The summed E-state index contributed by atoms with van der Waals surface area (Å²) in [4.78, 5) is 24.0. The van der Waals surface area contributed by atoms with Gasteiger partial charge >= 0.3 is 11.9 Å². The summed E-state index contributed by atoms with van der Waals surface area (Å²) in [5.41, 5.74) is 0.875. The van der Waals surface area contributed by atoms with Gasteiger partial charge in [-0.05, 0) is 35.9 Å². The highest BCUT2D eigenvalue weighted by Crippen LogP contribution is 2.26. The molecule has 0 radical (unpaired) electrons. The number of carboxylic acids is 2. The number of aromatic carboxylic acids is 1. The van der Waals surface area contributed by atoms with Gasteiger partial charge in [0.25, 0.3) is 0 Å². The Hall–Kier alpha value is -3.35. The molecule has 0 unspecified atom stereocenters. The average Bonchev–Trinajstić information content (AvgIpc) is 2.55. The van der Waals surface area contributed by atoms with Crippen molar-refractivity contribution in [3.63, 3.8) is 0 Å². The third kappa shape index (κ3) is 6.30. The first-order chi connectivity index (χ1) is 10.9. The molecule has 2 aromatic rings. The van der Waals surface area contributed by atoms with E-state index in [4.69, 9.17) is 14.9 Å². The maximum Gasteiger partial charge on any atom is 0.337 e. The van der Waals surface area contributed by atoms with E-state index in [0.717, 1.165) is 6.08 Å². The van der Waals surface area contributed by atoms with Crippen molar-refractivity contribution < 1.29 is 29.6 Å². The van der Waals surface area contributed by atoms with Crippen LogP contribution in [0.15, 0.2) is 48.8 Å². The van der Waals surface area contributed by atoms with Gasteiger partial charge in [-0.25, -0.2) is 9.59 Å². The molecule has 7 nitrogen and oxygen atoms in total. The number of carbonyl (C=O) groups is 2. The molecule has 0 saturated heterocycles. The Morgan fingerprint density at radius 1 is 1.22 bits per heavy atom. The lowest BCUT2D eigenvalue weighted by atomic mass is 10.2. The number of rotatable bonds is 4. The van der Waals surface area contributed by atoms with Gasteiger partial charge in [-0.2, -0.15) is 0 Å². The molecule has 0 bridgehead atoms. The number of phenols is 1. The van der Waals surface area contributed by atoms with Crippen LogP contribution in [0.1, 0.15) is 15.9 Å². The monoisotopic (exact) mass is 317 g/mol. The fourth-order valence-electron chi connectivity index (χ4n) is 1.45. The van der Waals surface area contributed by atoms with Gasteiger partial charge < -0.3 is 20.1 Å². The van der Waals surface area contributed by atoms with Crippen molar-refractivity contribution in [2.24, 2.45) is 0 Å². The highest BCUT2D eigenvalue weighted by Gasteiger charge is 2.00. The topological polar surface area (TPSA) is 117 Å². The summed E-state index contributed by atoms with van der Waals surface area (Å²) < 4.78 is 4.86. The molecule has 7 heteroatoms. The molecule has 0 spiro atoms. The summed E-state index contributed by atoms with van der Waals surface area (Å²) in [6, 6.07) is 7.67. The van der Waals surface area contributed by atoms with E-state index >= 15 is 0 Å². The van der Waals surface area contributed by atoms with Crippen molar-refractivity contribution in [1.29, 1.82) is 0 Å². The number of nitrogens with zero attached hydrogens (tertiary/aromatic N) is 1. The molecule has 0 atom stereocenters. The van der Waals surface area contributed by atoms with Crippen LogP contribution in [0.5, 0.6) is 11.5 Å². The van der Waals surface area contributed by atoms with Crippen molar-refractivity contribution in [1.82, 2.24) is 4.98 Å². The van der Waals surface area contributed by atoms with Crippen LogP contribution in [0.2, 0.25) is 0 Å². The van der Waals surface area contributed by atoms with Gasteiger partial charge in [-0.3, -0.25) is 4.98 Å². The third-order valence-electron chi connectivity index (χ3n) is 2.53. The summed E-state index contributed by atoms with van der Waals surface area (Å²) in [6.07, 6.45) is 5.28. The SMILES string of the molecule is COc1cc(/C=C/C(=O)O)ccc1O.O=C(O)c1cccnc1. The number of ether oxygens (including phenoxy) is 1. The summed E-state index contributed by atoms with van der Waals surface area (Å²) in [6.45, 7) is 0. The lowest BCUT2D eigenvalue weighted by Crippen LogP contribution is -1.94. The van der Waals surface area contributed by atoms with Gasteiger partial charge in [0.2, 0.25) is 0 Å². The van der Waals surface area contributed by atoms with Gasteiger partial charge in [0.05, 0.1) is 12.7 Å². The van der Waals surface area contributed by atoms with Crippen LogP contribution in [0, 0.1) is 0 Å². The fourth-order valence-corrected chi connectivity index (χ4v) is 1.45. The number of aliphatic carboxylic acids is 1. The minimum atomic E-state index is -1.02. The molecule has 0 aliphatic carbocycles. The highest BCUT2D eigenvalue weighted by molar-refractivity contribution is 5.87. The minimum Gasteiger partial charge on any atom is -0.504 e. The van der Waals surface area contributed by atoms with Crippen LogP contribution >= 0.6 is 0 Å². The molecule has 1 aromatic carbocycles. The van der Waals surface area contributed by atoms with E-state index in [1.165, 1.54) is 37.7 Å². The maximum atomic E-state index is 10.2. The molecular formula is C16H15NO6. The normalized spacial score (nSPS) is 9.78. The molecule has 1 heterocycles. The summed E-state index contributed by atoms with van der Waals surface area (Å²) in [7, 11) is 1.43. The Kier molecular flexibility index (Phi) is 6.80. The van der Waals surface area contributed by atoms with Crippen LogP contribution in [0.3, 0.4) is 0 Å². The Morgan fingerprint density at radius 2 is 1.96 bits per heavy atom. The van der Waals surface area contributed by atoms with Gasteiger partial charge in [-0.1, -0.05) is 6.07 Å². The third-order valence-corrected chi connectivity index (χ3v) is 2.53. The quantitative estimate of drug-likeness (QED) is 0.740. The van der Waals surface area contributed by atoms with E-state index in [2.05, 4.69) is 4.98 Å². The van der Waals surface area contributed by atoms with Crippen molar-refractivity contribution in [3.8, 4) is 11.5 Å². The van der Waals surface area contributed by atoms with E-state index < -0.39 is 11.9 Å². The largest absolute Gasteiger partial charge is 0.504 e. The number of carboxylic acid groups (broad SMARTS) is 2. The average molecular weight is 317 g/mol. The van der Waals surface area contributed by atoms with Gasteiger partial charge in [0.15, 0.2) is 11.5 Å². The van der Waals surface area contributed by atoms with E-state index in [-0.39, 0.29) is 11.3 Å². The summed E-state index contributed by atoms with van der Waals surface area (Å²) in [5, 5.41) is 26.0. The molecule has 23 heavy (non-hydrogen) atoms. The fraction of sp³-hybridized carbons (Fsp3) is 0.0625. The van der Waals surface area contributed by atoms with Crippen LogP contribution in [-0.2, 0) is 4.79 Å². The minimum absolute atomic E-state index is 0.0278. The molecule has 3 N–H and O–H groups in total. The number of benzene rings is 1. The predicted molar refractivity (Wildman–Crippen MR) is 82.5 cm³/mol. The number of hydrogen-bond acceptors (Lipinski definition) is 5. The first kappa shape index (κ1) is 17.7. The van der Waals surface area contributed by atoms with E-state index in [1.807, 2.05) is 0 Å². The standard InChI is InChI=1S/C10H10O4.C6H5NO2/c1-14-9-6-7(2-4-8(9)11)3-5-10(12)13;8-6(9)5-2-1-3-7-4-5/h2-6,11H,1H3,(H,12,13);1-4H,(H,8,9)/b5-3+;. The number of aromatic nitrogens is 1. The van der Waals surface area contributed by atoms with Crippen LogP contribution in [-0.4, -0.2) is 39.4 Å². The Labute approximate surface area is 132 Å². The van der Waals surface area contributed by atoms with Gasteiger partial charge in [0.1, 0.15) is 0 Å². The zero-order valence-corrected chi connectivity index (χ0v) is 12.2. The Balaban J connectivity index is 0.000000253. The second-order valence-corrected chi connectivity index (χ2v) is 4.15. The first-order valence-electron chi connectivity index (χ1n) is 6.35. The summed E-state index contributed by atoms with van der Waals surface area (Å²) in [5.74, 6) is -1.61. The second-order valence-electron chi connectivity index (χ2n) is 4.15. The first-order valence-corrected chi connectivity index (χ1v) is 6.35. The van der Waals surface area contributed by atoms with E-state index in [0.29, 0.717) is 11.3 Å². The molecule has 1 aromatic heterocycles. The van der Waals surface area contributed by atoms with Crippen molar-refractivity contribution in [2.75, 3.05) is 7.11 Å².